The van der Waals surface area contributed by atoms with Gasteiger partial charge in [-0.2, -0.15) is 0 Å². The summed E-state index contributed by atoms with van der Waals surface area (Å²) in [5.41, 5.74) is 2.98. The molecule has 1 saturated heterocycles. The number of carbonyl (C=O) groups is 1. The SMILES string of the molecule is COc1cccc(-c2cccc(NC(=O)C3CCN(Cc4cccs4)CC3)c2)c1. The Kier molecular flexibility index (Phi) is 6.27. The van der Waals surface area contributed by atoms with Crippen LogP contribution in [0.4, 0.5) is 5.69 Å². The molecule has 29 heavy (non-hydrogen) atoms. The normalized spacial score (nSPS) is 15.2. The van der Waals surface area contributed by atoms with E-state index in [2.05, 4.69) is 27.7 Å². The second-order valence-corrected chi connectivity index (χ2v) is 8.46. The standard InChI is InChI=1S/C24H26N2O2S/c1-28-22-8-3-6-20(16-22)19-5-2-7-21(15-19)25-24(27)18-10-12-26(13-11-18)17-23-9-4-14-29-23/h2-9,14-16,18H,10-13,17H2,1H3,(H,25,27). The minimum Gasteiger partial charge on any atom is -0.497 e. The van der Waals surface area contributed by atoms with E-state index in [0.29, 0.717) is 0 Å². The van der Waals surface area contributed by atoms with E-state index in [0.717, 1.165) is 55.0 Å². The highest BCUT2D eigenvalue weighted by atomic mass is 32.1. The fraction of sp³-hybridized carbons (Fsp3) is 0.292. The molecule has 1 fully saturated rings. The van der Waals surface area contributed by atoms with Crippen LogP contribution in [-0.2, 0) is 11.3 Å². The van der Waals surface area contributed by atoms with Gasteiger partial charge in [-0.05, 0) is 72.8 Å². The molecule has 1 amide bonds. The first kappa shape index (κ1) is 19.7. The number of anilines is 1. The molecule has 1 N–H and O–H groups in total. The molecule has 0 bridgehead atoms. The molecular formula is C24H26N2O2S. The predicted octanol–water partition coefficient (Wildman–Crippen LogP) is 5.27. The lowest BCUT2D eigenvalue weighted by molar-refractivity contribution is -0.121. The molecule has 4 rings (SSSR count). The summed E-state index contributed by atoms with van der Waals surface area (Å²) >= 11 is 1.80. The fourth-order valence-corrected chi connectivity index (χ4v) is 4.55. The van der Waals surface area contributed by atoms with Crippen molar-refractivity contribution in [1.82, 2.24) is 4.90 Å². The van der Waals surface area contributed by atoms with E-state index in [4.69, 9.17) is 4.74 Å². The number of benzene rings is 2. The van der Waals surface area contributed by atoms with Crippen LogP contribution in [0.5, 0.6) is 5.75 Å². The summed E-state index contributed by atoms with van der Waals surface area (Å²) in [4.78, 5) is 16.6. The third kappa shape index (κ3) is 5.05. The zero-order chi connectivity index (χ0) is 20.1. The first-order valence-electron chi connectivity index (χ1n) is 10.0. The maximum atomic E-state index is 12.8. The molecular weight excluding hydrogens is 380 g/mol. The molecule has 5 heteroatoms. The Morgan fingerprint density at radius 3 is 2.55 bits per heavy atom. The van der Waals surface area contributed by atoms with Gasteiger partial charge in [-0.25, -0.2) is 0 Å². The van der Waals surface area contributed by atoms with Gasteiger partial charge in [0.1, 0.15) is 5.75 Å². The molecule has 0 aliphatic carbocycles. The van der Waals surface area contributed by atoms with E-state index >= 15 is 0 Å². The first-order valence-corrected chi connectivity index (χ1v) is 10.9. The summed E-state index contributed by atoms with van der Waals surface area (Å²) in [6.07, 6.45) is 1.82. The summed E-state index contributed by atoms with van der Waals surface area (Å²) in [6, 6.07) is 20.2. The number of methoxy groups -OCH3 is 1. The van der Waals surface area contributed by atoms with Crippen LogP contribution in [0.3, 0.4) is 0 Å². The van der Waals surface area contributed by atoms with Crippen molar-refractivity contribution in [2.45, 2.75) is 19.4 Å². The Morgan fingerprint density at radius 2 is 1.83 bits per heavy atom. The number of likely N-dealkylation sites (tertiary alicyclic amines) is 1. The van der Waals surface area contributed by atoms with Crippen molar-refractivity contribution in [2.24, 2.45) is 5.92 Å². The number of nitrogens with one attached hydrogen (secondary N) is 1. The number of piperidine rings is 1. The second-order valence-electron chi connectivity index (χ2n) is 7.43. The summed E-state index contributed by atoms with van der Waals surface area (Å²) < 4.78 is 5.32. The highest BCUT2D eigenvalue weighted by molar-refractivity contribution is 7.09. The molecule has 150 valence electrons. The molecule has 3 aromatic rings. The Balaban J connectivity index is 1.35. The zero-order valence-electron chi connectivity index (χ0n) is 16.6. The van der Waals surface area contributed by atoms with Crippen molar-refractivity contribution in [1.29, 1.82) is 0 Å². The summed E-state index contributed by atoms with van der Waals surface area (Å²) in [6.45, 7) is 2.94. The van der Waals surface area contributed by atoms with E-state index in [-0.39, 0.29) is 11.8 Å². The van der Waals surface area contributed by atoms with Gasteiger partial charge in [0.25, 0.3) is 0 Å². The molecule has 2 aromatic carbocycles. The number of hydrogen-bond acceptors (Lipinski definition) is 4. The van der Waals surface area contributed by atoms with Crippen molar-refractivity contribution in [3.8, 4) is 16.9 Å². The summed E-state index contributed by atoms with van der Waals surface area (Å²) in [5.74, 6) is 1.03. The van der Waals surface area contributed by atoms with Gasteiger partial charge in [0.15, 0.2) is 0 Å². The highest BCUT2D eigenvalue weighted by Crippen LogP contribution is 2.27. The number of rotatable bonds is 6. The van der Waals surface area contributed by atoms with Crippen LogP contribution in [0.15, 0.2) is 66.0 Å². The lowest BCUT2D eigenvalue weighted by atomic mass is 9.95. The number of carbonyl (C=O) groups excluding carboxylic acids is 1. The van der Waals surface area contributed by atoms with Crippen molar-refractivity contribution < 1.29 is 9.53 Å². The molecule has 0 atom stereocenters. The van der Waals surface area contributed by atoms with E-state index in [1.54, 1.807) is 18.4 Å². The third-order valence-electron chi connectivity index (χ3n) is 5.45. The van der Waals surface area contributed by atoms with Gasteiger partial charge in [-0.1, -0.05) is 30.3 Å². The van der Waals surface area contributed by atoms with Crippen LogP contribution in [0.1, 0.15) is 17.7 Å². The molecule has 0 unspecified atom stereocenters. The van der Waals surface area contributed by atoms with Crippen molar-refractivity contribution in [2.75, 3.05) is 25.5 Å². The highest BCUT2D eigenvalue weighted by Gasteiger charge is 2.25. The van der Waals surface area contributed by atoms with E-state index in [9.17, 15) is 4.79 Å². The van der Waals surface area contributed by atoms with Gasteiger partial charge in [0.05, 0.1) is 7.11 Å². The summed E-state index contributed by atoms with van der Waals surface area (Å²) in [5, 5.41) is 5.24. The van der Waals surface area contributed by atoms with Crippen molar-refractivity contribution >= 4 is 22.9 Å². The number of nitrogens with zero attached hydrogens (tertiary/aromatic N) is 1. The van der Waals surface area contributed by atoms with E-state index in [1.165, 1.54) is 4.88 Å². The van der Waals surface area contributed by atoms with Crippen LogP contribution >= 0.6 is 11.3 Å². The lowest BCUT2D eigenvalue weighted by Gasteiger charge is -2.30. The van der Waals surface area contributed by atoms with Gasteiger partial charge in [0.2, 0.25) is 5.91 Å². The Labute approximate surface area is 176 Å². The maximum absolute atomic E-state index is 12.8. The third-order valence-corrected chi connectivity index (χ3v) is 6.31. The van der Waals surface area contributed by atoms with Gasteiger partial charge < -0.3 is 10.1 Å². The minimum absolute atomic E-state index is 0.0788. The van der Waals surface area contributed by atoms with Crippen LogP contribution in [0.2, 0.25) is 0 Å². The molecule has 1 aliphatic heterocycles. The molecule has 0 spiro atoms. The maximum Gasteiger partial charge on any atom is 0.227 e. The molecule has 1 aromatic heterocycles. The van der Waals surface area contributed by atoms with Crippen molar-refractivity contribution in [3.63, 3.8) is 0 Å². The zero-order valence-corrected chi connectivity index (χ0v) is 17.5. The number of amides is 1. The van der Waals surface area contributed by atoms with Crippen LogP contribution in [-0.4, -0.2) is 31.0 Å². The number of hydrogen-bond donors (Lipinski definition) is 1. The average Bonchev–Trinajstić information content (AvgIpc) is 3.27. The van der Waals surface area contributed by atoms with E-state index < -0.39 is 0 Å². The molecule has 4 nitrogen and oxygen atoms in total. The lowest BCUT2D eigenvalue weighted by Crippen LogP contribution is -2.37. The van der Waals surface area contributed by atoms with Gasteiger partial charge in [0, 0.05) is 23.0 Å². The predicted molar refractivity (Wildman–Crippen MR) is 119 cm³/mol. The quantitative estimate of drug-likeness (QED) is 0.606. The monoisotopic (exact) mass is 406 g/mol. The van der Waals surface area contributed by atoms with Gasteiger partial charge >= 0.3 is 0 Å². The minimum atomic E-state index is 0.0788. The smallest absolute Gasteiger partial charge is 0.227 e. The second kappa shape index (κ2) is 9.25. The van der Waals surface area contributed by atoms with Crippen LogP contribution in [0, 0.1) is 5.92 Å². The van der Waals surface area contributed by atoms with Crippen LogP contribution < -0.4 is 10.1 Å². The number of thiophene rings is 1. The van der Waals surface area contributed by atoms with Crippen LogP contribution in [0.25, 0.3) is 11.1 Å². The molecule has 0 saturated carbocycles. The van der Waals surface area contributed by atoms with E-state index in [1.807, 2.05) is 48.5 Å². The Bertz CT molecular complexity index is 947. The molecule has 1 aliphatic rings. The van der Waals surface area contributed by atoms with Gasteiger partial charge in [-0.3, -0.25) is 9.69 Å². The average molecular weight is 407 g/mol. The number of ether oxygens (including phenoxy) is 1. The molecule has 2 heterocycles. The van der Waals surface area contributed by atoms with Crippen molar-refractivity contribution in [3.05, 3.63) is 70.9 Å². The van der Waals surface area contributed by atoms with Gasteiger partial charge in [-0.15, -0.1) is 11.3 Å². The topological polar surface area (TPSA) is 41.6 Å². The largest absolute Gasteiger partial charge is 0.497 e. The Hall–Kier alpha value is -2.63. The first-order chi connectivity index (χ1) is 14.2. The fourth-order valence-electron chi connectivity index (χ4n) is 3.80. The Morgan fingerprint density at radius 1 is 1.07 bits per heavy atom. The summed E-state index contributed by atoms with van der Waals surface area (Å²) in [7, 11) is 1.67. The molecule has 0 radical (unpaired) electrons.